The SMILES string of the molecule is CC1CC(O)NC(=O)C1C#N. The van der Waals surface area contributed by atoms with Crippen LogP contribution >= 0.6 is 0 Å². The Morgan fingerprint density at radius 2 is 2.45 bits per heavy atom. The molecule has 1 amide bonds. The Kier molecular flexibility index (Phi) is 2.11. The van der Waals surface area contributed by atoms with E-state index in [2.05, 4.69) is 5.32 Å². The zero-order valence-corrected chi connectivity index (χ0v) is 6.24. The van der Waals surface area contributed by atoms with Crippen molar-refractivity contribution < 1.29 is 9.90 Å². The Labute approximate surface area is 64.8 Å². The van der Waals surface area contributed by atoms with Crippen LogP contribution in [0, 0.1) is 23.2 Å². The van der Waals surface area contributed by atoms with Crippen molar-refractivity contribution in [2.45, 2.75) is 19.6 Å². The molecule has 1 aliphatic heterocycles. The molecular formula is C7H10N2O2. The molecule has 0 aromatic heterocycles. The minimum Gasteiger partial charge on any atom is -0.374 e. The maximum Gasteiger partial charge on any atom is 0.239 e. The number of carbonyl (C=O) groups excluding carboxylic acids is 1. The summed E-state index contributed by atoms with van der Waals surface area (Å²) >= 11 is 0. The van der Waals surface area contributed by atoms with Gasteiger partial charge in [0.1, 0.15) is 12.1 Å². The zero-order valence-electron chi connectivity index (χ0n) is 6.24. The summed E-state index contributed by atoms with van der Waals surface area (Å²) in [5.41, 5.74) is 0. The molecule has 0 aromatic carbocycles. The van der Waals surface area contributed by atoms with E-state index in [0.717, 1.165) is 0 Å². The van der Waals surface area contributed by atoms with Gasteiger partial charge in [0.2, 0.25) is 5.91 Å². The molecule has 1 saturated heterocycles. The predicted octanol–water partition coefficient (Wildman–Crippen LogP) is -0.399. The Morgan fingerprint density at radius 3 is 2.91 bits per heavy atom. The summed E-state index contributed by atoms with van der Waals surface area (Å²) in [5.74, 6) is -1.01. The van der Waals surface area contributed by atoms with E-state index in [4.69, 9.17) is 10.4 Å². The molecule has 0 saturated carbocycles. The van der Waals surface area contributed by atoms with Gasteiger partial charge in [-0.3, -0.25) is 4.79 Å². The fourth-order valence-corrected chi connectivity index (χ4v) is 1.25. The third-order valence-electron chi connectivity index (χ3n) is 1.89. The molecule has 2 N–H and O–H groups in total. The maximum atomic E-state index is 11.0. The number of aliphatic hydroxyl groups is 1. The van der Waals surface area contributed by atoms with Crippen LogP contribution in [0.15, 0.2) is 0 Å². The molecule has 1 fully saturated rings. The van der Waals surface area contributed by atoms with Gasteiger partial charge in [0.05, 0.1) is 6.07 Å². The van der Waals surface area contributed by atoms with Gasteiger partial charge in [-0.2, -0.15) is 5.26 Å². The molecule has 60 valence electrons. The highest BCUT2D eigenvalue weighted by atomic mass is 16.3. The number of hydrogen-bond acceptors (Lipinski definition) is 3. The topological polar surface area (TPSA) is 73.1 Å². The second-order valence-electron chi connectivity index (χ2n) is 2.84. The largest absolute Gasteiger partial charge is 0.374 e. The van der Waals surface area contributed by atoms with Gasteiger partial charge in [-0.25, -0.2) is 0 Å². The molecule has 4 heteroatoms. The first kappa shape index (κ1) is 8.02. The van der Waals surface area contributed by atoms with Crippen molar-refractivity contribution in [1.82, 2.24) is 5.32 Å². The van der Waals surface area contributed by atoms with Gasteiger partial charge in [-0.05, 0) is 12.3 Å². The molecule has 3 atom stereocenters. The average molecular weight is 154 g/mol. The van der Waals surface area contributed by atoms with E-state index >= 15 is 0 Å². The summed E-state index contributed by atoms with van der Waals surface area (Å²) < 4.78 is 0. The van der Waals surface area contributed by atoms with Crippen LogP contribution in [0.25, 0.3) is 0 Å². The van der Waals surface area contributed by atoms with Gasteiger partial charge in [0.25, 0.3) is 0 Å². The van der Waals surface area contributed by atoms with E-state index in [-0.39, 0.29) is 11.8 Å². The molecule has 3 unspecified atom stereocenters. The third-order valence-corrected chi connectivity index (χ3v) is 1.89. The van der Waals surface area contributed by atoms with Crippen molar-refractivity contribution >= 4 is 5.91 Å². The number of aliphatic hydroxyl groups excluding tert-OH is 1. The number of nitrogens with one attached hydrogen (secondary N) is 1. The quantitative estimate of drug-likeness (QED) is 0.498. The van der Waals surface area contributed by atoms with Gasteiger partial charge in [-0.15, -0.1) is 0 Å². The van der Waals surface area contributed by atoms with Crippen LogP contribution in [0.2, 0.25) is 0 Å². The monoisotopic (exact) mass is 154 g/mol. The number of piperidine rings is 1. The first-order chi connectivity index (χ1) is 5.15. The average Bonchev–Trinajstić information content (AvgIpc) is 1.85. The summed E-state index contributed by atoms with van der Waals surface area (Å²) in [6, 6.07) is 1.90. The second kappa shape index (κ2) is 2.89. The molecule has 1 rings (SSSR count). The first-order valence-corrected chi connectivity index (χ1v) is 3.53. The van der Waals surface area contributed by atoms with Crippen LogP contribution in [-0.4, -0.2) is 17.2 Å². The van der Waals surface area contributed by atoms with Crippen molar-refractivity contribution in [3.05, 3.63) is 0 Å². The lowest BCUT2D eigenvalue weighted by Crippen LogP contribution is -2.47. The summed E-state index contributed by atoms with van der Waals surface area (Å²) in [6.07, 6.45) is -0.314. The number of hydrogen-bond donors (Lipinski definition) is 2. The summed E-state index contributed by atoms with van der Waals surface area (Å²) in [6.45, 7) is 1.79. The highest BCUT2D eigenvalue weighted by molar-refractivity contribution is 5.82. The molecule has 0 bridgehead atoms. The van der Waals surface area contributed by atoms with Gasteiger partial charge in [-0.1, -0.05) is 6.92 Å². The van der Waals surface area contributed by atoms with Crippen molar-refractivity contribution in [1.29, 1.82) is 5.26 Å². The van der Waals surface area contributed by atoms with E-state index in [1.165, 1.54) is 0 Å². The number of rotatable bonds is 0. The van der Waals surface area contributed by atoms with E-state index in [9.17, 15) is 4.79 Å². The van der Waals surface area contributed by atoms with E-state index < -0.39 is 12.1 Å². The minimum absolute atomic E-state index is 0.0521. The highest BCUT2D eigenvalue weighted by Gasteiger charge is 2.32. The lowest BCUT2D eigenvalue weighted by Gasteiger charge is -2.27. The van der Waals surface area contributed by atoms with Crippen LogP contribution in [-0.2, 0) is 4.79 Å². The standard InChI is InChI=1S/C7H10N2O2/c1-4-2-6(10)9-7(11)5(4)3-8/h4-6,10H,2H2,1H3,(H,9,11). The Morgan fingerprint density at radius 1 is 1.82 bits per heavy atom. The Hall–Kier alpha value is -1.08. The Bertz CT molecular complexity index is 209. The number of nitriles is 1. The van der Waals surface area contributed by atoms with Crippen LogP contribution in [0.5, 0.6) is 0 Å². The van der Waals surface area contributed by atoms with E-state index in [1.54, 1.807) is 6.92 Å². The number of carbonyl (C=O) groups is 1. The van der Waals surface area contributed by atoms with Crippen molar-refractivity contribution in [2.75, 3.05) is 0 Å². The Balaban J connectivity index is 2.69. The molecule has 0 radical (unpaired) electrons. The molecule has 1 heterocycles. The lowest BCUT2D eigenvalue weighted by molar-refractivity contribution is -0.131. The number of amides is 1. The molecular weight excluding hydrogens is 144 g/mol. The summed E-state index contributed by atoms with van der Waals surface area (Å²) in [4.78, 5) is 11.0. The zero-order chi connectivity index (χ0) is 8.43. The molecule has 0 spiro atoms. The van der Waals surface area contributed by atoms with Crippen LogP contribution in [0.1, 0.15) is 13.3 Å². The van der Waals surface area contributed by atoms with Crippen LogP contribution in [0.4, 0.5) is 0 Å². The lowest BCUT2D eigenvalue weighted by atomic mass is 9.88. The summed E-state index contributed by atoms with van der Waals surface area (Å²) in [7, 11) is 0. The van der Waals surface area contributed by atoms with Crippen LogP contribution in [0.3, 0.4) is 0 Å². The maximum absolute atomic E-state index is 11.0. The molecule has 11 heavy (non-hydrogen) atoms. The summed E-state index contributed by atoms with van der Waals surface area (Å²) in [5, 5.41) is 19.9. The molecule has 4 nitrogen and oxygen atoms in total. The fraction of sp³-hybridized carbons (Fsp3) is 0.714. The normalized spacial score (nSPS) is 37.5. The van der Waals surface area contributed by atoms with Crippen LogP contribution < -0.4 is 5.32 Å². The van der Waals surface area contributed by atoms with Gasteiger partial charge in [0.15, 0.2) is 0 Å². The minimum atomic E-state index is -0.776. The van der Waals surface area contributed by atoms with Crippen molar-refractivity contribution in [3.63, 3.8) is 0 Å². The third kappa shape index (κ3) is 1.49. The van der Waals surface area contributed by atoms with E-state index in [1.807, 2.05) is 6.07 Å². The first-order valence-electron chi connectivity index (χ1n) is 3.53. The molecule has 1 aliphatic rings. The number of nitrogens with zero attached hydrogens (tertiary/aromatic N) is 1. The van der Waals surface area contributed by atoms with Gasteiger partial charge >= 0.3 is 0 Å². The van der Waals surface area contributed by atoms with Crippen molar-refractivity contribution in [3.8, 4) is 6.07 Å². The molecule has 0 aromatic rings. The predicted molar refractivity (Wildman–Crippen MR) is 37.0 cm³/mol. The van der Waals surface area contributed by atoms with Crippen molar-refractivity contribution in [2.24, 2.45) is 11.8 Å². The van der Waals surface area contributed by atoms with Gasteiger partial charge in [0, 0.05) is 0 Å². The fourth-order valence-electron chi connectivity index (χ4n) is 1.25. The van der Waals surface area contributed by atoms with Gasteiger partial charge < -0.3 is 10.4 Å². The van der Waals surface area contributed by atoms with E-state index in [0.29, 0.717) is 6.42 Å². The second-order valence-corrected chi connectivity index (χ2v) is 2.84. The highest BCUT2D eigenvalue weighted by Crippen LogP contribution is 2.20. The smallest absolute Gasteiger partial charge is 0.239 e. The molecule has 0 aliphatic carbocycles.